The van der Waals surface area contributed by atoms with Gasteiger partial charge in [-0.1, -0.05) is 24.0 Å². The lowest BCUT2D eigenvalue weighted by Crippen LogP contribution is -2.43. The van der Waals surface area contributed by atoms with E-state index in [2.05, 4.69) is 65.2 Å². The second-order valence-corrected chi connectivity index (χ2v) is 8.36. The van der Waals surface area contributed by atoms with Crippen molar-refractivity contribution in [3.05, 3.63) is 0 Å². The van der Waals surface area contributed by atoms with Crippen LogP contribution >= 0.6 is 24.0 Å². The lowest BCUT2D eigenvalue weighted by molar-refractivity contribution is 0.0887. The predicted octanol–water partition coefficient (Wildman–Crippen LogP) is 3.60. The maximum absolute atomic E-state index is 10.3. The van der Waals surface area contributed by atoms with Crippen molar-refractivity contribution >= 4 is 28.3 Å². The molecule has 0 spiro atoms. The number of hydrogen-bond donors (Lipinski definition) is 1. The molecule has 0 aromatic heterocycles. The Labute approximate surface area is 141 Å². The summed E-state index contributed by atoms with van der Waals surface area (Å²) in [6.07, 6.45) is -0.348. The summed E-state index contributed by atoms with van der Waals surface area (Å²) in [5.74, 6) is 0.657. The Morgan fingerprint density at radius 2 is 1.33 bits per heavy atom. The highest BCUT2D eigenvalue weighted by Crippen LogP contribution is 2.18. The van der Waals surface area contributed by atoms with E-state index in [0.29, 0.717) is 36.5 Å². The van der Waals surface area contributed by atoms with Gasteiger partial charge in [0.15, 0.2) is 0 Å². The maximum atomic E-state index is 10.3. The molecule has 0 bridgehead atoms. The van der Waals surface area contributed by atoms with Crippen molar-refractivity contribution < 1.29 is 5.11 Å². The van der Waals surface area contributed by atoms with Crippen LogP contribution in [0.5, 0.6) is 0 Å². The molecule has 0 radical (unpaired) electrons. The topological polar surface area (TPSA) is 26.7 Å². The zero-order valence-electron chi connectivity index (χ0n) is 15.0. The van der Waals surface area contributed by atoms with Gasteiger partial charge in [0.25, 0.3) is 0 Å². The number of rotatable bonds is 8. The van der Waals surface area contributed by atoms with E-state index in [-0.39, 0.29) is 6.10 Å². The van der Waals surface area contributed by atoms with Crippen molar-refractivity contribution in [3.8, 4) is 0 Å². The fourth-order valence-corrected chi connectivity index (χ4v) is 4.21. The third kappa shape index (κ3) is 7.82. The Hall–Kier alpha value is 0.160. The molecule has 0 saturated carbocycles. The van der Waals surface area contributed by atoms with Gasteiger partial charge in [-0.25, -0.2) is 0 Å². The molecule has 0 rings (SSSR count). The van der Waals surface area contributed by atoms with E-state index >= 15 is 0 Å². The van der Waals surface area contributed by atoms with Gasteiger partial charge in [0.2, 0.25) is 0 Å². The SMILES string of the molecule is CC(C)N(CC(O)CSC(=S)N(C(C)C)C(C)C)C(C)C. The molecule has 126 valence electrons. The number of thiocarbonyl (C=S) groups is 1. The van der Waals surface area contributed by atoms with Crippen LogP contribution in [0.2, 0.25) is 0 Å². The minimum Gasteiger partial charge on any atom is -0.391 e. The van der Waals surface area contributed by atoms with E-state index in [0.717, 1.165) is 4.32 Å². The summed E-state index contributed by atoms with van der Waals surface area (Å²) in [5.41, 5.74) is 0. The van der Waals surface area contributed by atoms with Crippen LogP contribution in [0.3, 0.4) is 0 Å². The molecule has 1 atom stereocenters. The third-order valence-corrected chi connectivity index (χ3v) is 5.04. The van der Waals surface area contributed by atoms with E-state index in [1.807, 2.05) is 0 Å². The highest BCUT2D eigenvalue weighted by atomic mass is 32.2. The van der Waals surface area contributed by atoms with Crippen LogP contribution in [-0.2, 0) is 0 Å². The standard InChI is InChI=1S/C16H34N2OS2/c1-11(2)17(12(3)4)9-15(19)10-21-16(20)18(13(5)6)14(7)8/h11-15,19H,9-10H2,1-8H3. The van der Waals surface area contributed by atoms with Crippen molar-refractivity contribution in [3.63, 3.8) is 0 Å². The molecular weight excluding hydrogens is 300 g/mol. The van der Waals surface area contributed by atoms with Gasteiger partial charge >= 0.3 is 0 Å². The van der Waals surface area contributed by atoms with E-state index in [4.69, 9.17) is 12.2 Å². The van der Waals surface area contributed by atoms with E-state index in [1.165, 1.54) is 0 Å². The van der Waals surface area contributed by atoms with E-state index < -0.39 is 0 Å². The van der Waals surface area contributed by atoms with Gasteiger partial charge in [-0.2, -0.15) is 0 Å². The lowest BCUT2D eigenvalue weighted by Gasteiger charge is -2.34. The first-order valence-corrected chi connectivity index (χ1v) is 9.36. The highest BCUT2D eigenvalue weighted by molar-refractivity contribution is 8.22. The lowest BCUT2D eigenvalue weighted by atomic mass is 10.2. The average molecular weight is 335 g/mol. The van der Waals surface area contributed by atoms with E-state index in [9.17, 15) is 5.11 Å². The second kappa shape index (κ2) is 10.0. The van der Waals surface area contributed by atoms with Crippen LogP contribution < -0.4 is 0 Å². The summed E-state index contributed by atoms with van der Waals surface area (Å²) in [7, 11) is 0. The summed E-state index contributed by atoms with van der Waals surface area (Å²) in [5, 5.41) is 10.3. The second-order valence-electron chi connectivity index (χ2n) is 6.71. The molecule has 0 fully saturated rings. The van der Waals surface area contributed by atoms with Crippen molar-refractivity contribution in [2.45, 2.75) is 85.7 Å². The van der Waals surface area contributed by atoms with Crippen LogP contribution in [0.1, 0.15) is 55.4 Å². The fourth-order valence-electron chi connectivity index (χ4n) is 2.57. The molecule has 0 amide bonds. The summed E-state index contributed by atoms with van der Waals surface area (Å²) < 4.78 is 0.889. The Morgan fingerprint density at radius 3 is 1.67 bits per heavy atom. The fraction of sp³-hybridized carbons (Fsp3) is 0.938. The minimum absolute atomic E-state index is 0.348. The number of nitrogens with zero attached hydrogens (tertiary/aromatic N) is 2. The molecule has 0 aromatic carbocycles. The first kappa shape index (κ1) is 21.2. The van der Waals surface area contributed by atoms with Gasteiger partial charge in [-0.05, 0) is 55.4 Å². The number of aliphatic hydroxyl groups is 1. The van der Waals surface area contributed by atoms with Gasteiger partial charge in [-0.15, -0.1) is 0 Å². The molecule has 0 aliphatic rings. The molecule has 0 heterocycles. The molecule has 0 aliphatic heterocycles. The molecule has 5 heteroatoms. The maximum Gasteiger partial charge on any atom is 0.136 e. The average Bonchev–Trinajstić information content (AvgIpc) is 2.31. The Balaban J connectivity index is 4.41. The normalized spacial score (nSPS) is 13.8. The molecule has 0 saturated heterocycles. The molecule has 1 unspecified atom stereocenters. The largest absolute Gasteiger partial charge is 0.391 e. The molecule has 21 heavy (non-hydrogen) atoms. The van der Waals surface area contributed by atoms with Crippen LogP contribution in [0, 0.1) is 0 Å². The number of aliphatic hydroxyl groups excluding tert-OH is 1. The summed E-state index contributed by atoms with van der Waals surface area (Å²) in [4.78, 5) is 4.55. The van der Waals surface area contributed by atoms with Gasteiger partial charge < -0.3 is 10.0 Å². The van der Waals surface area contributed by atoms with Gasteiger partial charge in [0.1, 0.15) is 4.32 Å². The first-order chi connectivity index (χ1) is 9.57. The Morgan fingerprint density at radius 1 is 0.905 bits per heavy atom. The third-order valence-electron chi connectivity index (χ3n) is 3.47. The Bertz CT molecular complexity index is 291. The monoisotopic (exact) mass is 334 g/mol. The van der Waals surface area contributed by atoms with Crippen molar-refractivity contribution in [2.24, 2.45) is 0 Å². The van der Waals surface area contributed by atoms with Crippen LogP contribution in [0.25, 0.3) is 0 Å². The van der Waals surface area contributed by atoms with Crippen LogP contribution in [0.15, 0.2) is 0 Å². The summed E-state index contributed by atoms with van der Waals surface area (Å²) >= 11 is 7.12. The first-order valence-electron chi connectivity index (χ1n) is 7.96. The van der Waals surface area contributed by atoms with Gasteiger partial charge in [0.05, 0.1) is 6.10 Å². The molecular formula is C16H34N2OS2. The van der Waals surface area contributed by atoms with Crippen LogP contribution in [0.4, 0.5) is 0 Å². The van der Waals surface area contributed by atoms with E-state index in [1.54, 1.807) is 11.8 Å². The summed E-state index contributed by atoms with van der Waals surface area (Å²) in [6.45, 7) is 18.0. The van der Waals surface area contributed by atoms with Crippen LogP contribution in [-0.4, -0.2) is 61.8 Å². The highest BCUT2D eigenvalue weighted by Gasteiger charge is 2.21. The Kier molecular flexibility index (Phi) is 10.1. The molecule has 0 aliphatic carbocycles. The number of thioether (sulfide) groups is 1. The summed E-state index contributed by atoms with van der Waals surface area (Å²) in [6, 6.07) is 1.67. The zero-order valence-corrected chi connectivity index (χ0v) is 16.6. The molecule has 0 aromatic rings. The van der Waals surface area contributed by atoms with Crippen molar-refractivity contribution in [2.75, 3.05) is 12.3 Å². The van der Waals surface area contributed by atoms with Crippen molar-refractivity contribution in [1.29, 1.82) is 0 Å². The quantitative estimate of drug-likeness (QED) is 0.684. The smallest absolute Gasteiger partial charge is 0.136 e. The zero-order chi connectivity index (χ0) is 16.7. The van der Waals surface area contributed by atoms with Gasteiger partial charge in [-0.3, -0.25) is 4.90 Å². The number of hydrogen-bond acceptors (Lipinski definition) is 4. The minimum atomic E-state index is -0.348. The van der Waals surface area contributed by atoms with Crippen molar-refractivity contribution in [1.82, 2.24) is 9.80 Å². The molecule has 3 nitrogen and oxygen atoms in total. The molecule has 1 N–H and O–H groups in total. The van der Waals surface area contributed by atoms with Gasteiger partial charge in [0, 0.05) is 36.5 Å². The predicted molar refractivity (Wildman–Crippen MR) is 100 cm³/mol.